The Balaban J connectivity index is 1.51. The van der Waals surface area contributed by atoms with Gasteiger partial charge in [0, 0.05) is 31.2 Å². The number of benzene rings is 1. The summed E-state index contributed by atoms with van der Waals surface area (Å²) in [6, 6.07) is 11.2. The van der Waals surface area contributed by atoms with E-state index in [0.717, 1.165) is 17.5 Å². The second kappa shape index (κ2) is 9.17. The topological polar surface area (TPSA) is 105 Å². The molecule has 0 radical (unpaired) electrons. The Morgan fingerprint density at radius 1 is 1.16 bits per heavy atom. The minimum Gasteiger partial charge on any atom is -0.338 e. The van der Waals surface area contributed by atoms with Crippen LogP contribution in [0.15, 0.2) is 42.7 Å². The van der Waals surface area contributed by atoms with Gasteiger partial charge in [-0.3, -0.25) is 4.79 Å². The Labute approximate surface area is 186 Å². The molecule has 2 N–H and O–H groups in total. The zero-order valence-corrected chi connectivity index (χ0v) is 18.5. The fourth-order valence-electron chi connectivity index (χ4n) is 3.76. The van der Waals surface area contributed by atoms with Crippen molar-refractivity contribution in [2.24, 2.45) is 0 Å². The van der Waals surface area contributed by atoms with Crippen molar-refractivity contribution in [1.29, 1.82) is 0 Å². The lowest BCUT2D eigenvalue weighted by Crippen LogP contribution is -2.42. The van der Waals surface area contributed by atoms with Crippen LogP contribution >= 0.6 is 0 Å². The van der Waals surface area contributed by atoms with Crippen molar-refractivity contribution >= 4 is 17.8 Å². The van der Waals surface area contributed by atoms with Gasteiger partial charge in [0.25, 0.3) is 5.91 Å². The number of pyridine rings is 1. The van der Waals surface area contributed by atoms with Gasteiger partial charge in [0.1, 0.15) is 17.8 Å². The highest BCUT2D eigenvalue weighted by atomic mass is 16.2. The second-order valence-electron chi connectivity index (χ2n) is 8.01. The zero-order chi connectivity index (χ0) is 22.7. The van der Waals surface area contributed by atoms with E-state index in [1.165, 1.54) is 0 Å². The van der Waals surface area contributed by atoms with Gasteiger partial charge in [-0.15, -0.1) is 10.2 Å². The fourth-order valence-corrected chi connectivity index (χ4v) is 3.76. The van der Waals surface area contributed by atoms with Crippen LogP contribution in [-0.4, -0.2) is 49.7 Å². The maximum absolute atomic E-state index is 12.9. The predicted octanol–water partition coefficient (Wildman–Crippen LogP) is 3.26. The third-order valence-electron chi connectivity index (χ3n) is 5.45. The molecule has 0 aliphatic carbocycles. The standard InChI is InChI=1S/C23H27N7O2/c1-4-24-23(32)29-11-10-16-8-9-17(12-18(16)13-29)22(31)27-20-7-5-6-19(26-20)21-28-25-14-30(21)15(2)3/h5-9,12,14-15H,4,10-11,13H2,1-3H3,(H,24,32)(H,26,27,31). The van der Waals surface area contributed by atoms with Gasteiger partial charge < -0.3 is 20.1 Å². The minimum absolute atomic E-state index is 0.0803. The van der Waals surface area contributed by atoms with Crippen molar-refractivity contribution in [3.8, 4) is 11.5 Å². The van der Waals surface area contributed by atoms with E-state index in [1.54, 1.807) is 17.3 Å². The summed E-state index contributed by atoms with van der Waals surface area (Å²) in [5.74, 6) is 0.834. The van der Waals surface area contributed by atoms with Gasteiger partial charge in [0.05, 0.1) is 0 Å². The van der Waals surface area contributed by atoms with Crippen LogP contribution in [-0.2, 0) is 13.0 Å². The monoisotopic (exact) mass is 433 g/mol. The molecule has 9 heteroatoms. The molecule has 1 aromatic carbocycles. The van der Waals surface area contributed by atoms with E-state index in [9.17, 15) is 9.59 Å². The average molecular weight is 434 g/mol. The third-order valence-corrected chi connectivity index (χ3v) is 5.45. The quantitative estimate of drug-likeness (QED) is 0.643. The second-order valence-corrected chi connectivity index (χ2v) is 8.01. The summed E-state index contributed by atoms with van der Waals surface area (Å²) in [5, 5.41) is 13.9. The van der Waals surface area contributed by atoms with Crippen LogP contribution in [0.25, 0.3) is 11.5 Å². The van der Waals surface area contributed by atoms with E-state index in [1.807, 2.05) is 55.7 Å². The van der Waals surface area contributed by atoms with E-state index in [4.69, 9.17) is 0 Å². The summed E-state index contributed by atoms with van der Waals surface area (Å²) in [7, 11) is 0. The number of amides is 3. The number of rotatable bonds is 5. The smallest absolute Gasteiger partial charge is 0.317 e. The van der Waals surface area contributed by atoms with Crippen molar-refractivity contribution in [1.82, 2.24) is 30.0 Å². The summed E-state index contributed by atoms with van der Waals surface area (Å²) < 4.78 is 1.93. The first-order valence-corrected chi connectivity index (χ1v) is 10.8. The highest BCUT2D eigenvalue weighted by Crippen LogP contribution is 2.22. The third kappa shape index (κ3) is 4.46. The molecule has 0 bridgehead atoms. The van der Waals surface area contributed by atoms with Gasteiger partial charge in [-0.05, 0) is 62.6 Å². The van der Waals surface area contributed by atoms with Gasteiger partial charge in [-0.1, -0.05) is 12.1 Å². The highest BCUT2D eigenvalue weighted by Gasteiger charge is 2.21. The first-order chi connectivity index (χ1) is 15.5. The summed E-state index contributed by atoms with van der Waals surface area (Å²) in [6.45, 7) is 7.73. The number of anilines is 1. The van der Waals surface area contributed by atoms with Crippen LogP contribution in [0.1, 0.15) is 48.3 Å². The van der Waals surface area contributed by atoms with Crippen LogP contribution in [0.3, 0.4) is 0 Å². The van der Waals surface area contributed by atoms with Gasteiger partial charge in [-0.25, -0.2) is 9.78 Å². The molecular formula is C23H27N7O2. The van der Waals surface area contributed by atoms with E-state index in [0.29, 0.717) is 42.5 Å². The number of hydrogen-bond acceptors (Lipinski definition) is 5. The molecular weight excluding hydrogens is 406 g/mol. The lowest BCUT2D eigenvalue weighted by atomic mass is 9.97. The molecule has 4 rings (SSSR count). The van der Waals surface area contributed by atoms with Crippen molar-refractivity contribution < 1.29 is 9.59 Å². The van der Waals surface area contributed by atoms with Crippen LogP contribution in [0.2, 0.25) is 0 Å². The van der Waals surface area contributed by atoms with Crippen molar-refractivity contribution in [2.45, 2.75) is 39.8 Å². The maximum Gasteiger partial charge on any atom is 0.317 e. The Hall–Kier alpha value is -3.75. The Morgan fingerprint density at radius 3 is 2.78 bits per heavy atom. The molecule has 1 aliphatic heterocycles. The number of carbonyl (C=O) groups is 2. The molecule has 32 heavy (non-hydrogen) atoms. The highest BCUT2D eigenvalue weighted by molar-refractivity contribution is 6.04. The molecule has 0 unspecified atom stereocenters. The molecule has 3 heterocycles. The Bertz CT molecular complexity index is 1140. The van der Waals surface area contributed by atoms with Gasteiger partial charge >= 0.3 is 6.03 Å². The number of carbonyl (C=O) groups excluding carboxylic acids is 2. The molecule has 0 saturated heterocycles. The normalized spacial score (nSPS) is 13.1. The predicted molar refractivity (Wildman–Crippen MR) is 121 cm³/mol. The van der Waals surface area contributed by atoms with Crippen LogP contribution in [0, 0.1) is 0 Å². The lowest BCUT2D eigenvalue weighted by molar-refractivity contribution is 0.102. The number of aromatic nitrogens is 4. The fraction of sp³-hybridized carbons (Fsp3) is 0.348. The minimum atomic E-state index is -0.252. The number of nitrogens with zero attached hydrogens (tertiary/aromatic N) is 5. The Morgan fingerprint density at radius 2 is 2.00 bits per heavy atom. The lowest BCUT2D eigenvalue weighted by Gasteiger charge is -2.29. The van der Waals surface area contributed by atoms with E-state index >= 15 is 0 Å². The first kappa shape index (κ1) is 21.5. The number of nitrogens with one attached hydrogen (secondary N) is 2. The van der Waals surface area contributed by atoms with Gasteiger partial charge in [0.15, 0.2) is 5.82 Å². The van der Waals surface area contributed by atoms with Crippen LogP contribution in [0.4, 0.5) is 10.6 Å². The van der Waals surface area contributed by atoms with Gasteiger partial charge in [-0.2, -0.15) is 0 Å². The van der Waals surface area contributed by atoms with Crippen LogP contribution < -0.4 is 10.6 Å². The van der Waals surface area contributed by atoms with Crippen molar-refractivity contribution in [2.75, 3.05) is 18.4 Å². The summed E-state index contributed by atoms with van der Waals surface area (Å²) in [5.41, 5.74) is 3.31. The van der Waals surface area contributed by atoms with Crippen molar-refractivity contribution in [3.63, 3.8) is 0 Å². The molecule has 3 amide bonds. The zero-order valence-electron chi connectivity index (χ0n) is 18.5. The van der Waals surface area contributed by atoms with E-state index in [2.05, 4.69) is 25.8 Å². The summed E-state index contributed by atoms with van der Waals surface area (Å²) in [4.78, 5) is 31.4. The molecule has 9 nitrogen and oxygen atoms in total. The largest absolute Gasteiger partial charge is 0.338 e. The SMILES string of the molecule is CCNC(=O)N1CCc2ccc(C(=O)Nc3cccc(-c4nncn4C(C)C)n3)cc2C1. The molecule has 3 aromatic rings. The molecule has 0 atom stereocenters. The molecule has 0 saturated carbocycles. The Kier molecular flexibility index (Phi) is 6.16. The molecule has 0 fully saturated rings. The average Bonchev–Trinajstić information content (AvgIpc) is 3.29. The number of fused-ring (bicyclic) bond motifs is 1. The summed E-state index contributed by atoms with van der Waals surface area (Å²) in [6.07, 6.45) is 2.44. The van der Waals surface area contributed by atoms with Gasteiger partial charge in [0.2, 0.25) is 0 Å². The molecule has 1 aliphatic rings. The maximum atomic E-state index is 12.9. The summed E-state index contributed by atoms with van der Waals surface area (Å²) >= 11 is 0. The van der Waals surface area contributed by atoms with E-state index in [-0.39, 0.29) is 18.0 Å². The number of urea groups is 1. The first-order valence-electron chi connectivity index (χ1n) is 10.8. The molecule has 2 aromatic heterocycles. The number of hydrogen-bond donors (Lipinski definition) is 2. The molecule has 166 valence electrons. The molecule has 0 spiro atoms. The van der Waals surface area contributed by atoms with E-state index < -0.39 is 0 Å². The van der Waals surface area contributed by atoms with Crippen molar-refractivity contribution in [3.05, 3.63) is 59.4 Å². The van der Waals surface area contributed by atoms with Crippen LogP contribution in [0.5, 0.6) is 0 Å².